The van der Waals surface area contributed by atoms with Gasteiger partial charge in [-0.05, 0) is 31.2 Å². The van der Waals surface area contributed by atoms with Crippen molar-refractivity contribution in [1.29, 1.82) is 0 Å². The molecule has 1 aromatic heterocycles. The van der Waals surface area contributed by atoms with Gasteiger partial charge in [0.15, 0.2) is 5.76 Å². The number of aryl methyl sites for hydroxylation is 1. The monoisotopic (exact) mass is 361 g/mol. The van der Waals surface area contributed by atoms with E-state index in [-0.39, 0.29) is 23.9 Å². The molecule has 2 aromatic carbocycles. The number of carbonyl (C=O) groups is 2. The molecule has 2 heterocycles. The molecule has 4 rings (SSSR count). The van der Waals surface area contributed by atoms with E-state index in [1.165, 1.54) is 0 Å². The molecule has 1 aliphatic heterocycles. The number of esters is 1. The fraction of sp³-hybridized carbons (Fsp3) is 0.182. The van der Waals surface area contributed by atoms with Crippen LogP contribution in [0.3, 0.4) is 0 Å². The fourth-order valence-electron chi connectivity index (χ4n) is 3.30. The van der Waals surface area contributed by atoms with Gasteiger partial charge in [-0.3, -0.25) is 9.59 Å². The van der Waals surface area contributed by atoms with E-state index in [0.29, 0.717) is 22.6 Å². The van der Waals surface area contributed by atoms with Crippen molar-refractivity contribution in [3.63, 3.8) is 0 Å². The number of hydrogen-bond donors (Lipinski definition) is 0. The van der Waals surface area contributed by atoms with Crippen molar-refractivity contribution in [3.8, 4) is 11.5 Å². The highest BCUT2D eigenvalue weighted by Crippen LogP contribution is 2.39. The Balaban J connectivity index is 1.74. The number of hydrogen-bond acceptors (Lipinski definition) is 4. The minimum atomic E-state index is -0.325. The van der Waals surface area contributed by atoms with Gasteiger partial charge in [0.25, 0.3) is 0 Å². The van der Waals surface area contributed by atoms with Crippen LogP contribution in [0.5, 0.6) is 11.5 Å². The maximum atomic E-state index is 12.8. The zero-order valence-electron chi connectivity index (χ0n) is 15.4. The summed E-state index contributed by atoms with van der Waals surface area (Å²) in [6.45, 7) is 3.52. The molecule has 0 aliphatic carbocycles. The van der Waals surface area contributed by atoms with Gasteiger partial charge < -0.3 is 14.0 Å². The van der Waals surface area contributed by atoms with E-state index >= 15 is 0 Å². The molecule has 0 spiro atoms. The predicted molar refractivity (Wildman–Crippen MR) is 103 cm³/mol. The van der Waals surface area contributed by atoms with Crippen LogP contribution >= 0.6 is 0 Å². The van der Waals surface area contributed by atoms with Gasteiger partial charge in [-0.25, -0.2) is 0 Å². The van der Waals surface area contributed by atoms with Crippen LogP contribution in [0, 0.1) is 6.92 Å². The minimum absolute atomic E-state index is 0.172. The third-order valence-electron chi connectivity index (χ3n) is 4.76. The summed E-state index contributed by atoms with van der Waals surface area (Å²) < 4.78 is 13.2. The highest BCUT2D eigenvalue weighted by molar-refractivity contribution is 6.15. The number of ether oxygens (including phenoxy) is 2. The predicted octanol–water partition coefficient (Wildman–Crippen LogP) is 4.42. The summed E-state index contributed by atoms with van der Waals surface area (Å²) in [4.78, 5) is 24.4. The topological polar surface area (TPSA) is 57.5 Å². The number of benzene rings is 2. The zero-order chi connectivity index (χ0) is 19.1. The van der Waals surface area contributed by atoms with Crippen molar-refractivity contribution in [2.45, 2.75) is 20.3 Å². The number of rotatable bonds is 3. The molecule has 0 amide bonds. The summed E-state index contributed by atoms with van der Waals surface area (Å²) in [7, 11) is 1.97. The van der Waals surface area contributed by atoms with Crippen LogP contribution in [-0.2, 0) is 11.8 Å². The van der Waals surface area contributed by atoms with Crippen LogP contribution in [0.2, 0.25) is 0 Å². The van der Waals surface area contributed by atoms with Crippen molar-refractivity contribution >= 4 is 28.7 Å². The van der Waals surface area contributed by atoms with Crippen LogP contribution < -0.4 is 9.47 Å². The molecule has 5 nitrogen and oxygen atoms in total. The van der Waals surface area contributed by atoms with Crippen molar-refractivity contribution in [3.05, 3.63) is 65.0 Å². The van der Waals surface area contributed by atoms with E-state index < -0.39 is 0 Å². The third-order valence-corrected chi connectivity index (χ3v) is 4.76. The summed E-state index contributed by atoms with van der Waals surface area (Å²) in [5, 5.41) is 1.05. The Bertz CT molecular complexity index is 1120. The molecule has 136 valence electrons. The van der Waals surface area contributed by atoms with Gasteiger partial charge in [0.05, 0.1) is 5.56 Å². The fourth-order valence-corrected chi connectivity index (χ4v) is 3.30. The second kappa shape index (κ2) is 6.43. The molecule has 0 radical (unpaired) electrons. The van der Waals surface area contributed by atoms with E-state index in [9.17, 15) is 9.59 Å². The van der Waals surface area contributed by atoms with Crippen molar-refractivity contribution in [1.82, 2.24) is 4.57 Å². The van der Waals surface area contributed by atoms with E-state index in [0.717, 1.165) is 16.5 Å². The molecule has 1 aliphatic rings. The maximum absolute atomic E-state index is 12.8. The second-order valence-corrected chi connectivity index (χ2v) is 6.55. The first-order valence-corrected chi connectivity index (χ1v) is 8.82. The van der Waals surface area contributed by atoms with Crippen LogP contribution in [0.1, 0.15) is 34.8 Å². The Morgan fingerprint density at radius 1 is 1.22 bits per heavy atom. The molecule has 0 saturated heterocycles. The summed E-state index contributed by atoms with van der Waals surface area (Å²) in [6, 6.07) is 11.3. The molecule has 0 fully saturated rings. The van der Waals surface area contributed by atoms with Gasteiger partial charge in [0.2, 0.25) is 5.78 Å². The van der Waals surface area contributed by atoms with Crippen LogP contribution in [-0.4, -0.2) is 16.3 Å². The van der Waals surface area contributed by atoms with Crippen LogP contribution in [0.25, 0.3) is 17.0 Å². The molecule has 0 bridgehead atoms. The second-order valence-electron chi connectivity index (χ2n) is 6.55. The van der Waals surface area contributed by atoms with E-state index in [2.05, 4.69) is 0 Å². The maximum Gasteiger partial charge on any atom is 0.310 e. The summed E-state index contributed by atoms with van der Waals surface area (Å²) in [6.07, 6.45) is 4.02. The van der Waals surface area contributed by atoms with Crippen molar-refractivity contribution in [2.24, 2.45) is 7.05 Å². The Kier molecular flexibility index (Phi) is 4.07. The highest BCUT2D eigenvalue weighted by atomic mass is 16.5. The Hall–Kier alpha value is -3.34. The Morgan fingerprint density at radius 3 is 2.78 bits per heavy atom. The molecular formula is C22H19NO4. The number of fused-ring (bicyclic) bond motifs is 2. The number of nitrogens with zero attached hydrogens (tertiary/aromatic N) is 1. The normalized spacial score (nSPS) is 14.5. The van der Waals surface area contributed by atoms with E-state index in [4.69, 9.17) is 9.47 Å². The SMILES string of the molecule is CCC(=O)Oc1ccc2c(c1C)O/C(=C\c1cn(C)c3ccccc13)C2=O. The standard InChI is InChI=1S/C22H19NO4/c1-4-20(24)26-18-10-9-16-21(25)19(27-22(16)13(18)2)11-14-12-23(3)17-8-6-5-7-15(14)17/h5-12H,4H2,1-3H3/b19-11-. The first kappa shape index (κ1) is 17.1. The average molecular weight is 361 g/mol. The van der Waals surface area contributed by atoms with Crippen molar-refractivity contribution in [2.75, 3.05) is 0 Å². The van der Waals surface area contributed by atoms with Gasteiger partial charge in [-0.2, -0.15) is 0 Å². The molecule has 27 heavy (non-hydrogen) atoms. The first-order valence-electron chi connectivity index (χ1n) is 8.82. The van der Waals surface area contributed by atoms with Gasteiger partial charge in [-0.1, -0.05) is 25.1 Å². The lowest BCUT2D eigenvalue weighted by Crippen LogP contribution is -2.06. The summed E-state index contributed by atoms with van der Waals surface area (Å²) >= 11 is 0. The lowest BCUT2D eigenvalue weighted by molar-refractivity contribution is -0.134. The van der Waals surface area contributed by atoms with Gasteiger partial charge in [-0.15, -0.1) is 0 Å². The highest BCUT2D eigenvalue weighted by Gasteiger charge is 2.30. The molecule has 3 aromatic rings. The summed E-state index contributed by atoms with van der Waals surface area (Å²) in [5.74, 6) is 0.638. The van der Waals surface area contributed by atoms with Crippen LogP contribution in [0.15, 0.2) is 48.4 Å². The number of ketones is 1. The number of Topliss-reactive ketones (excluding diaryl/α,β-unsaturated/α-hetero) is 1. The number of carbonyl (C=O) groups excluding carboxylic acids is 2. The molecule has 0 saturated carbocycles. The Morgan fingerprint density at radius 2 is 2.00 bits per heavy atom. The number of allylic oxidation sites excluding steroid dienone is 1. The molecule has 5 heteroatoms. The largest absolute Gasteiger partial charge is 0.452 e. The van der Waals surface area contributed by atoms with E-state index in [1.54, 1.807) is 32.1 Å². The Labute approximate surface area is 156 Å². The van der Waals surface area contributed by atoms with Gasteiger partial charge in [0, 0.05) is 41.7 Å². The molecular weight excluding hydrogens is 342 g/mol. The lowest BCUT2D eigenvalue weighted by atomic mass is 10.1. The van der Waals surface area contributed by atoms with Gasteiger partial charge in [0.1, 0.15) is 11.5 Å². The van der Waals surface area contributed by atoms with Crippen LogP contribution in [0.4, 0.5) is 0 Å². The lowest BCUT2D eigenvalue weighted by Gasteiger charge is -2.09. The molecule has 0 N–H and O–H groups in total. The zero-order valence-corrected chi connectivity index (χ0v) is 15.4. The summed E-state index contributed by atoms with van der Waals surface area (Å²) in [5.41, 5.74) is 3.12. The van der Waals surface area contributed by atoms with E-state index in [1.807, 2.05) is 42.1 Å². The third kappa shape index (κ3) is 2.81. The first-order chi connectivity index (χ1) is 13.0. The average Bonchev–Trinajstić information content (AvgIpc) is 3.16. The smallest absolute Gasteiger partial charge is 0.310 e. The van der Waals surface area contributed by atoms with Gasteiger partial charge >= 0.3 is 5.97 Å². The molecule has 0 unspecified atom stereocenters. The minimum Gasteiger partial charge on any atom is -0.452 e. The quantitative estimate of drug-likeness (QED) is 0.394. The number of para-hydroxylation sites is 1. The molecule has 0 atom stereocenters. The van der Waals surface area contributed by atoms with Crippen molar-refractivity contribution < 1.29 is 19.1 Å². The number of aromatic nitrogens is 1.